The molecule has 0 aliphatic carbocycles. The van der Waals surface area contributed by atoms with Crippen LogP contribution in [0.25, 0.3) is 0 Å². The third-order valence-electron chi connectivity index (χ3n) is 3.78. The van der Waals surface area contributed by atoms with Crippen molar-refractivity contribution in [3.05, 3.63) is 23.9 Å². The maximum Gasteiger partial charge on any atom is 0.127 e. The van der Waals surface area contributed by atoms with E-state index in [1.807, 2.05) is 0 Å². The highest BCUT2D eigenvalue weighted by Gasteiger charge is 2.20. The lowest BCUT2D eigenvalue weighted by Gasteiger charge is -2.34. The number of nitriles is 1. The number of nitrogens with one attached hydrogen (secondary N) is 1. The van der Waals surface area contributed by atoms with Crippen molar-refractivity contribution in [2.24, 2.45) is 0 Å². The van der Waals surface area contributed by atoms with Gasteiger partial charge in [-0.2, -0.15) is 5.26 Å². The highest BCUT2D eigenvalue weighted by Crippen LogP contribution is 2.16. The lowest BCUT2D eigenvalue weighted by Crippen LogP contribution is -2.42. The normalized spacial score (nSPS) is 19.5. The van der Waals surface area contributed by atoms with Crippen LogP contribution in [-0.4, -0.2) is 47.3 Å². The van der Waals surface area contributed by atoms with E-state index in [4.69, 9.17) is 5.26 Å². The van der Waals surface area contributed by atoms with Gasteiger partial charge in [-0.05, 0) is 37.9 Å². The van der Waals surface area contributed by atoms with E-state index in [1.54, 1.807) is 18.3 Å². The average Bonchev–Trinajstić information content (AvgIpc) is 2.52. The van der Waals surface area contributed by atoms with Gasteiger partial charge in [-0.25, -0.2) is 4.98 Å². The molecule has 2 N–H and O–H groups in total. The van der Waals surface area contributed by atoms with E-state index in [0.717, 1.165) is 38.3 Å². The molecule has 1 aromatic rings. The van der Waals surface area contributed by atoms with Gasteiger partial charge in [0.15, 0.2) is 0 Å². The van der Waals surface area contributed by atoms with Gasteiger partial charge in [0.2, 0.25) is 0 Å². The first-order chi connectivity index (χ1) is 9.83. The third kappa shape index (κ3) is 4.19. The van der Waals surface area contributed by atoms with Crippen LogP contribution in [0, 0.1) is 11.3 Å². The van der Waals surface area contributed by atoms with Crippen molar-refractivity contribution in [1.29, 1.82) is 5.26 Å². The fourth-order valence-corrected chi connectivity index (χ4v) is 2.66. The molecule has 0 amide bonds. The molecular formula is C15H22N4O. The van der Waals surface area contributed by atoms with Crippen molar-refractivity contribution in [2.75, 3.05) is 31.6 Å². The molecule has 2 heterocycles. The van der Waals surface area contributed by atoms with E-state index >= 15 is 0 Å². The number of anilines is 1. The van der Waals surface area contributed by atoms with Gasteiger partial charge in [-0.3, -0.25) is 4.90 Å². The van der Waals surface area contributed by atoms with Crippen LogP contribution >= 0.6 is 0 Å². The Kier molecular flexibility index (Phi) is 5.78. The zero-order valence-corrected chi connectivity index (χ0v) is 11.8. The van der Waals surface area contributed by atoms with Crippen molar-refractivity contribution in [3.63, 3.8) is 0 Å². The van der Waals surface area contributed by atoms with Crippen LogP contribution in [0.4, 0.5) is 5.82 Å². The van der Waals surface area contributed by atoms with Gasteiger partial charge in [0.25, 0.3) is 0 Å². The maximum absolute atomic E-state index is 9.36. The average molecular weight is 274 g/mol. The van der Waals surface area contributed by atoms with Crippen LogP contribution < -0.4 is 5.32 Å². The monoisotopic (exact) mass is 274 g/mol. The molecule has 1 aromatic heterocycles. The number of piperidine rings is 1. The Balaban J connectivity index is 1.71. The fourth-order valence-electron chi connectivity index (χ4n) is 2.66. The predicted octanol–water partition coefficient (Wildman–Crippen LogP) is 1.60. The van der Waals surface area contributed by atoms with E-state index in [2.05, 4.69) is 21.3 Å². The number of aromatic nitrogens is 1. The van der Waals surface area contributed by atoms with E-state index in [9.17, 15) is 5.11 Å². The first-order valence-corrected chi connectivity index (χ1v) is 7.28. The second-order valence-corrected chi connectivity index (χ2v) is 5.19. The SMILES string of the molecule is N#Cc1ccnc(NCCCN2CCCCC2CO)c1. The molecule has 1 aliphatic heterocycles. The van der Waals surface area contributed by atoms with E-state index in [0.29, 0.717) is 11.6 Å². The molecule has 20 heavy (non-hydrogen) atoms. The molecule has 108 valence electrons. The quantitative estimate of drug-likeness (QED) is 0.771. The van der Waals surface area contributed by atoms with E-state index < -0.39 is 0 Å². The summed E-state index contributed by atoms with van der Waals surface area (Å²) in [6, 6.07) is 5.90. The Hall–Kier alpha value is -1.64. The van der Waals surface area contributed by atoms with Crippen molar-refractivity contribution >= 4 is 5.82 Å². The van der Waals surface area contributed by atoms with Gasteiger partial charge < -0.3 is 10.4 Å². The summed E-state index contributed by atoms with van der Waals surface area (Å²) in [6.07, 6.45) is 6.22. The van der Waals surface area contributed by atoms with Gasteiger partial charge in [-0.15, -0.1) is 0 Å². The third-order valence-corrected chi connectivity index (χ3v) is 3.78. The number of aliphatic hydroxyl groups is 1. The first-order valence-electron chi connectivity index (χ1n) is 7.28. The second-order valence-electron chi connectivity index (χ2n) is 5.19. The minimum absolute atomic E-state index is 0.263. The Morgan fingerprint density at radius 3 is 3.20 bits per heavy atom. The number of nitrogens with zero attached hydrogens (tertiary/aromatic N) is 3. The highest BCUT2D eigenvalue weighted by atomic mass is 16.3. The van der Waals surface area contributed by atoms with Crippen molar-refractivity contribution in [2.45, 2.75) is 31.7 Å². The summed E-state index contributed by atoms with van der Waals surface area (Å²) < 4.78 is 0. The topological polar surface area (TPSA) is 72.2 Å². The predicted molar refractivity (Wildman–Crippen MR) is 78.4 cm³/mol. The van der Waals surface area contributed by atoms with Crippen molar-refractivity contribution in [3.8, 4) is 6.07 Å². The van der Waals surface area contributed by atoms with Crippen LogP contribution in [0.2, 0.25) is 0 Å². The standard InChI is InChI=1S/C15H22N4O/c16-11-13-5-7-18-15(10-13)17-6-3-9-19-8-2-1-4-14(19)12-20/h5,7,10,14,20H,1-4,6,8-9,12H2,(H,17,18). The molecule has 0 saturated carbocycles. The summed E-state index contributed by atoms with van der Waals surface area (Å²) in [5.74, 6) is 0.751. The minimum Gasteiger partial charge on any atom is -0.395 e. The van der Waals surface area contributed by atoms with E-state index in [1.165, 1.54) is 12.8 Å². The molecule has 0 aromatic carbocycles. The van der Waals surface area contributed by atoms with Gasteiger partial charge in [-0.1, -0.05) is 6.42 Å². The number of hydrogen-bond donors (Lipinski definition) is 2. The molecule has 1 atom stereocenters. The Labute approximate surface area is 120 Å². The molecule has 0 radical (unpaired) electrons. The molecule has 0 spiro atoms. The number of hydrogen-bond acceptors (Lipinski definition) is 5. The summed E-state index contributed by atoms with van der Waals surface area (Å²) in [4.78, 5) is 6.57. The van der Waals surface area contributed by atoms with E-state index in [-0.39, 0.29) is 6.61 Å². The number of likely N-dealkylation sites (tertiary alicyclic amines) is 1. The van der Waals surface area contributed by atoms with Crippen LogP contribution in [0.15, 0.2) is 18.3 Å². The Morgan fingerprint density at radius 1 is 1.50 bits per heavy atom. The highest BCUT2D eigenvalue weighted by molar-refractivity contribution is 5.42. The molecule has 1 saturated heterocycles. The maximum atomic E-state index is 9.36. The first kappa shape index (κ1) is 14.8. The largest absolute Gasteiger partial charge is 0.395 e. The second kappa shape index (κ2) is 7.83. The molecule has 5 nitrogen and oxygen atoms in total. The molecule has 2 rings (SSSR count). The summed E-state index contributed by atoms with van der Waals surface area (Å²) in [5, 5.41) is 21.4. The number of aliphatic hydroxyl groups excluding tert-OH is 1. The van der Waals surface area contributed by atoms with Gasteiger partial charge in [0, 0.05) is 25.3 Å². The number of pyridine rings is 1. The van der Waals surface area contributed by atoms with Gasteiger partial charge >= 0.3 is 0 Å². The van der Waals surface area contributed by atoms with Gasteiger partial charge in [0.1, 0.15) is 5.82 Å². The molecule has 1 aliphatic rings. The fraction of sp³-hybridized carbons (Fsp3) is 0.600. The lowest BCUT2D eigenvalue weighted by molar-refractivity contribution is 0.0901. The molecule has 1 unspecified atom stereocenters. The zero-order chi connectivity index (χ0) is 14.2. The van der Waals surface area contributed by atoms with Crippen molar-refractivity contribution in [1.82, 2.24) is 9.88 Å². The summed E-state index contributed by atoms with van der Waals surface area (Å²) in [7, 11) is 0. The van der Waals surface area contributed by atoms with Crippen LogP contribution in [0.3, 0.4) is 0 Å². The minimum atomic E-state index is 0.263. The smallest absolute Gasteiger partial charge is 0.127 e. The van der Waals surface area contributed by atoms with Gasteiger partial charge in [0.05, 0.1) is 18.2 Å². The van der Waals surface area contributed by atoms with Crippen LogP contribution in [-0.2, 0) is 0 Å². The van der Waals surface area contributed by atoms with Crippen LogP contribution in [0.5, 0.6) is 0 Å². The Morgan fingerprint density at radius 2 is 2.40 bits per heavy atom. The summed E-state index contributed by atoms with van der Waals surface area (Å²) in [6.45, 7) is 3.18. The summed E-state index contributed by atoms with van der Waals surface area (Å²) in [5.41, 5.74) is 0.624. The molecule has 5 heteroatoms. The molecule has 0 bridgehead atoms. The summed E-state index contributed by atoms with van der Waals surface area (Å²) >= 11 is 0. The molecule has 1 fully saturated rings. The number of rotatable bonds is 6. The molecular weight excluding hydrogens is 252 g/mol. The van der Waals surface area contributed by atoms with Crippen LogP contribution in [0.1, 0.15) is 31.2 Å². The zero-order valence-electron chi connectivity index (χ0n) is 11.8. The Bertz CT molecular complexity index is 457. The van der Waals surface area contributed by atoms with Crippen molar-refractivity contribution < 1.29 is 5.11 Å². The lowest BCUT2D eigenvalue weighted by atomic mass is 10.0.